The molecule has 2 aromatic heterocycles. The molecule has 0 radical (unpaired) electrons. The van der Waals surface area contributed by atoms with Gasteiger partial charge in [0.2, 0.25) is 0 Å². The molecule has 2 rings (SSSR count). The number of aromatic nitrogens is 3. The highest BCUT2D eigenvalue weighted by molar-refractivity contribution is 6.29. The van der Waals surface area contributed by atoms with E-state index < -0.39 is 0 Å². The van der Waals surface area contributed by atoms with Crippen molar-refractivity contribution >= 4 is 23.3 Å². The molecule has 1 N–H and O–H groups in total. The first-order chi connectivity index (χ1) is 8.70. The second-order valence-corrected chi connectivity index (χ2v) is 4.16. The number of amides is 1. The van der Waals surface area contributed by atoms with Crippen LogP contribution in [0, 0.1) is 0 Å². The van der Waals surface area contributed by atoms with Crippen LogP contribution in [0.15, 0.2) is 30.7 Å². The fourth-order valence-corrected chi connectivity index (χ4v) is 1.79. The number of anilines is 1. The average molecular weight is 265 g/mol. The third-order valence-corrected chi connectivity index (χ3v) is 2.56. The van der Waals surface area contributed by atoms with Crippen molar-refractivity contribution in [1.29, 1.82) is 0 Å². The van der Waals surface area contributed by atoms with E-state index in [9.17, 15) is 4.79 Å². The van der Waals surface area contributed by atoms with E-state index in [4.69, 9.17) is 11.6 Å². The van der Waals surface area contributed by atoms with Crippen LogP contribution in [0.5, 0.6) is 0 Å². The van der Waals surface area contributed by atoms with Crippen molar-refractivity contribution in [3.05, 3.63) is 41.6 Å². The molecule has 5 nitrogen and oxygen atoms in total. The molecule has 6 heteroatoms. The summed E-state index contributed by atoms with van der Waals surface area (Å²) in [6, 6.07) is 3.61. The van der Waals surface area contributed by atoms with E-state index in [0.29, 0.717) is 11.5 Å². The van der Waals surface area contributed by atoms with Gasteiger partial charge < -0.3 is 9.88 Å². The van der Waals surface area contributed by atoms with Crippen LogP contribution < -0.4 is 5.32 Å². The molecule has 1 amide bonds. The molecule has 0 atom stereocenters. The van der Waals surface area contributed by atoms with Gasteiger partial charge in [0.05, 0.1) is 12.4 Å². The van der Waals surface area contributed by atoms with Crippen LogP contribution in [0.4, 0.5) is 5.82 Å². The first-order valence-corrected chi connectivity index (χ1v) is 6.02. The minimum absolute atomic E-state index is 0.218. The minimum Gasteiger partial charge on any atom is -0.344 e. The fourth-order valence-electron chi connectivity index (χ4n) is 1.64. The van der Waals surface area contributed by atoms with Gasteiger partial charge in [-0.05, 0) is 18.6 Å². The molecule has 2 heterocycles. The largest absolute Gasteiger partial charge is 0.344 e. The van der Waals surface area contributed by atoms with Crippen molar-refractivity contribution in [2.24, 2.45) is 0 Å². The minimum atomic E-state index is -0.218. The molecule has 0 unspecified atom stereocenters. The predicted octanol–water partition coefficient (Wildman–Crippen LogP) is 2.59. The van der Waals surface area contributed by atoms with Gasteiger partial charge in [0.25, 0.3) is 5.91 Å². The normalized spacial score (nSPS) is 10.3. The van der Waals surface area contributed by atoms with Gasteiger partial charge in [0, 0.05) is 12.7 Å². The molecule has 94 valence electrons. The Kier molecular flexibility index (Phi) is 3.94. The summed E-state index contributed by atoms with van der Waals surface area (Å²) in [5.74, 6) is 0.127. The summed E-state index contributed by atoms with van der Waals surface area (Å²) < 4.78 is 1.90. The molecule has 0 aliphatic carbocycles. The number of rotatable bonds is 4. The number of nitrogens with zero attached hydrogens (tertiary/aromatic N) is 3. The number of carbonyl (C=O) groups is 1. The number of nitrogens with one attached hydrogen (secondary N) is 1. The number of hydrogen-bond donors (Lipinski definition) is 1. The maximum absolute atomic E-state index is 12.0. The van der Waals surface area contributed by atoms with Gasteiger partial charge in [-0.2, -0.15) is 0 Å². The van der Waals surface area contributed by atoms with Crippen LogP contribution in [0.3, 0.4) is 0 Å². The molecule has 0 aliphatic heterocycles. The van der Waals surface area contributed by atoms with Crippen LogP contribution in [0.1, 0.15) is 23.8 Å². The maximum atomic E-state index is 12.0. The monoisotopic (exact) mass is 264 g/mol. The highest BCUT2D eigenvalue weighted by Crippen LogP contribution is 2.10. The molecule has 0 saturated heterocycles. The van der Waals surface area contributed by atoms with Crippen molar-refractivity contribution in [3.63, 3.8) is 0 Å². The van der Waals surface area contributed by atoms with E-state index in [2.05, 4.69) is 22.2 Å². The van der Waals surface area contributed by atoms with Gasteiger partial charge in [0.15, 0.2) is 5.82 Å². The van der Waals surface area contributed by atoms with Crippen molar-refractivity contribution in [1.82, 2.24) is 14.5 Å². The Labute approximate surface area is 110 Å². The first-order valence-electron chi connectivity index (χ1n) is 5.64. The summed E-state index contributed by atoms with van der Waals surface area (Å²) in [4.78, 5) is 19.9. The van der Waals surface area contributed by atoms with Crippen LogP contribution in [0.2, 0.25) is 5.15 Å². The number of halogens is 1. The molecular formula is C12H13ClN4O. The molecule has 0 spiro atoms. The number of hydrogen-bond acceptors (Lipinski definition) is 3. The predicted molar refractivity (Wildman–Crippen MR) is 69.7 cm³/mol. The van der Waals surface area contributed by atoms with Crippen molar-refractivity contribution in [2.45, 2.75) is 19.9 Å². The van der Waals surface area contributed by atoms with Gasteiger partial charge in [-0.1, -0.05) is 18.5 Å². The lowest BCUT2D eigenvalue weighted by Gasteiger charge is -2.08. The zero-order valence-corrected chi connectivity index (χ0v) is 10.7. The Hall–Kier alpha value is -1.88. The van der Waals surface area contributed by atoms with Gasteiger partial charge in [-0.25, -0.2) is 4.98 Å². The molecule has 2 aromatic rings. The first kappa shape index (κ1) is 12.6. The quantitative estimate of drug-likeness (QED) is 0.923. The van der Waals surface area contributed by atoms with Crippen LogP contribution in [0.25, 0.3) is 0 Å². The lowest BCUT2D eigenvalue weighted by Crippen LogP contribution is -2.17. The summed E-state index contributed by atoms with van der Waals surface area (Å²) in [7, 11) is 0. The van der Waals surface area contributed by atoms with Gasteiger partial charge >= 0.3 is 0 Å². The molecule has 0 aliphatic rings. The molecule has 0 bridgehead atoms. The Morgan fingerprint density at radius 3 is 3.06 bits per heavy atom. The number of carbonyl (C=O) groups excluding carboxylic acids is 1. The Balaban J connectivity index is 2.14. The van der Waals surface area contributed by atoms with E-state index in [0.717, 1.165) is 13.0 Å². The lowest BCUT2D eigenvalue weighted by molar-refractivity contribution is 0.101. The SMILES string of the molecule is CCCn1cccc1C(=O)Nc1cncc(Cl)n1. The van der Waals surface area contributed by atoms with E-state index in [1.807, 2.05) is 16.8 Å². The summed E-state index contributed by atoms with van der Waals surface area (Å²) >= 11 is 5.70. The van der Waals surface area contributed by atoms with E-state index in [1.54, 1.807) is 6.07 Å². The third kappa shape index (κ3) is 2.87. The third-order valence-electron chi connectivity index (χ3n) is 2.37. The van der Waals surface area contributed by atoms with Crippen molar-refractivity contribution in [3.8, 4) is 0 Å². The molecule has 0 fully saturated rings. The Bertz CT molecular complexity index is 553. The molecular weight excluding hydrogens is 252 g/mol. The van der Waals surface area contributed by atoms with Crippen molar-refractivity contribution < 1.29 is 4.79 Å². The van der Waals surface area contributed by atoms with E-state index in [1.165, 1.54) is 12.4 Å². The van der Waals surface area contributed by atoms with Crippen LogP contribution >= 0.6 is 11.6 Å². The van der Waals surface area contributed by atoms with Crippen LogP contribution in [-0.4, -0.2) is 20.4 Å². The lowest BCUT2D eigenvalue weighted by atomic mass is 10.3. The van der Waals surface area contributed by atoms with Gasteiger partial charge in [-0.3, -0.25) is 9.78 Å². The van der Waals surface area contributed by atoms with Crippen LogP contribution in [-0.2, 0) is 6.54 Å². The van der Waals surface area contributed by atoms with Crippen molar-refractivity contribution in [2.75, 3.05) is 5.32 Å². The Morgan fingerprint density at radius 1 is 1.50 bits per heavy atom. The second kappa shape index (κ2) is 5.64. The zero-order valence-electron chi connectivity index (χ0n) is 9.93. The Morgan fingerprint density at radius 2 is 2.33 bits per heavy atom. The fraction of sp³-hybridized carbons (Fsp3) is 0.250. The molecule has 0 saturated carbocycles. The summed E-state index contributed by atoms with van der Waals surface area (Å²) in [5.41, 5.74) is 0.596. The summed E-state index contributed by atoms with van der Waals surface area (Å²) in [5, 5.41) is 2.91. The smallest absolute Gasteiger partial charge is 0.273 e. The summed E-state index contributed by atoms with van der Waals surface area (Å²) in [6.07, 6.45) is 5.71. The van der Waals surface area contributed by atoms with E-state index >= 15 is 0 Å². The number of aryl methyl sites for hydroxylation is 1. The van der Waals surface area contributed by atoms with Gasteiger partial charge in [-0.15, -0.1) is 0 Å². The molecule has 18 heavy (non-hydrogen) atoms. The molecule has 0 aromatic carbocycles. The topological polar surface area (TPSA) is 59.8 Å². The summed E-state index contributed by atoms with van der Waals surface area (Å²) in [6.45, 7) is 2.86. The second-order valence-electron chi connectivity index (χ2n) is 3.77. The highest BCUT2D eigenvalue weighted by atomic mass is 35.5. The van der Waals surface area contributed by atoms with E-state index in [-0.39, 0.29) is 11.1 Å². The zero-order chi connectivity index (χ0) is 13.0. The van der Waals surface area contributed by atoms with Gasteiger partial charge in [0.1, 0.15) is 10.8 Å². The average Bonchev–Trinajstić information content (AvgIpc) is 2.78. The maximum Gasteiger partial charge on any atom is 0.273 e. The standard InChI is InChI=1S/C12H13ClN4O/c1-2-5-17-6-3-4-9(17)12(18)16-11-8-14-7-10(13)15-11/h3-4,6-8H,2,5H2,1H3,(H,15,16,18). The highest BCUT2D eigenvalue weighted by Gasteiger charge is 2.11.